The molecule has 0 amide bonds. The highest BCUT2D eigenvalue weighted by Crippen LogP contribution is 2.12. The number of rotatable bonds is 3. The Labute approximate surface area is 128 Å². The Kier molecular flexibility index (Phi) is 5.49. The van der Waals surface area contributed by atoms with Gasteiger partial charge >= 0.3 is 5.97 Å². The van der Waals surface area contributed by atoms with Crippen molar-refractivity contribution in [1.29, 1.82) is 0 Å². The van der Waals surface area contributed by atoms with Gasteiger partial charge in [0, 0.05) is 12.6 Å². The van der Waals surface area contributed by atoms with E-state index in [-0.39, 0.29) is 0 Å². The average Bonchev–Trinajstić information content (AvgIpc) is 2.40. The van der Waals surface area contributed by atoms with Crippen LogP contribution in [0, 0.1) is 6.92 Å². The molecule has 21 heavy (non-hydrogen) atoms. The Bertz CT molecular complexity index is 523. The minimum absolute atomic E-state index is 0.369. The van der Waals surface area contributed by atoms with Crippen LogP contribution in [0.4, 0.5) is 5.69 Å². The van der Waals surface area contributed by atoms with Gasteiger partial charge in [-0.2, -0.15) is 0 Å². The average molecular weight is 310 g/mol. The fourth-order valence-electron chi connectivity index (χ4n) is 1.89. The van der Waals surface area contributed by atoms with E-state index >= 15 is 0 Å². The molecule has 1 aliphatic heterocycles. The van der Waals surface area contributed by atoms with Crippen LogP contribution in [0.1, 0.15) is 12.5 Å². The quantitative estimate of drug-likeness (QED) is 0.648. The first kappa shape index (κ1) is 15.7. The molecule has 0 aliphatic carbocycles. The van der Waals surface area contributed by atoms with Crippen molar-refractivity contribution in [2.75, 3.05) is 18.5 Å². The molecular weight excluding hydrogens is 292 g/mol. The fraction of sp³-hybridized carbons (Fsp3) is 0.429. The normalized spacial score (nSPS) is 21.4. The maximum atomic E-state index is 11.0. The van der Waals surface area contributed by atoms with Gasteiger partial charge in [-0.05, 0) is 36.8 Å². The van der Waals surface area contributed by atoms with Crippen LogP contribution in [-0.4, -0.2) is 36.8 Å². The second kappa shape index (κ2) is 7.35. The van der Waals surface area contributed by atoms with Crippen molar-refractivity contribution in [2.24, 2.45) is 0 Å². The first-order valence-electron chi connectivity index (χ1n) is 6.59. The van der Waals surface area contributed by atoms with Crippen LogP contribution in [0.2, 0.25) is 0 Å². The van der Waals surface area contributed by atoms with Crippen molar-refractivity contribution in [3.8, 4) is 0 Å². The molecular formula is C14H18N2O4S. The minimum atomic E-state index is -0.812. The number of thiocarbonyl (C=S) groups is 1. The molecule has 1 aliphatic rings. The van der Waals surface area contributed by atoms with Crippen molar-refractivity contribution in [1.82, 2.24) is 5.32 Å². The van der Waals surface area contributed by atoms with Gasteiger partial charge < -0.3 is 24.8 Å². The molecule has 0 spiro atoms. The molecule has 1 fully saturated rings. The van der Waals surface area contributed by atoms with E-state index in [0.717, 1.165) is 11.3 Å². The highest BCUT2D eigenvalue weighted by molar-refractivity contribution is 7.80. The third-order valence-electron chi connectivity index (χ3n) is 2.74. The lowest BCUT2D eigenvalue weighted by molar-refractivity contribution is -0.244. The second-order valence-corrected chi connectivity index (χ2v) is 5.02. The zero-order valence-electron chi connectivity index (χ0n) is 11.9. The largest absolute Gasteiger partial charge is 0.431 e. The van der Waals surface area contributed by atoms with Gasteiger partial charge in [0.25, 0.3) is 0 Å². The fourth-order valence-corrected chi connectivity index (χ4v) is 2.13. The van der Waals surface area contributed by atoms with Gasteiger partial charge in [-0.25, -0.2) is 0 Å². The molecule has 0 radical (unpaired) electrons. The van der Waals surface area contributed by atoms with E-state index < -0.39 is 18.5 Å². The molecule has 0 bridgehead atoms. The lowest BCUT2D eigenvalue weighted by Gasteiger charge is -2.32. The third-order valence-corrected chi connectivity index (χ3v) is 2.96. The summed E-state index contributed by atoms with van der Waals surface area (Å²) in [5.41, 5.74) is 1.99. The van der Waals surface area contributed by atoms with E-state index in [1.165, 1.54) is 6.92 Å². The molecule has 2 atom stereocenters. The number of carbonyl (C=O) groups excluding carboxylic acids is 1. The molecule has 1 aromatic rings. The maximum absolute atomic E-state index is 11.0. The number of hydrogen-bond acceptors (Lipinski definition) is 5. The monoisotopic (exact) mass is 310 g/mol. The summed E-state index contributed by atoms with van der Waals surface area (Å²) in [7, 11) is 0. The van der Waals surface area contributed by atoms with E-state index in [1.54, 1.807) is 0 Å². The molecule has 0 saturated carbocycles. The summed E-state index contributed by atoms with van der Waals surface area (Å²) in [6.45, 7) is 4.09. The van der Waals surface area contributed by atoms with Crippen molar-refractivity contribution in [3.63, 3.8) is 0 Å². The molecule has 1 saturated heterocycles. The highest BCUT2D eigenvalue weighted by Gasteiger charge is 2.30. The summed E-state index contributed by atoms with van der Waals surface area (Å²) in [5, 5.41) is 6.36. The second-order valence-electron chi connectivity index (χ2n) is 4.61. The van der Waals surface area contributed by atoms with Crippen LogP contribution in [0.25, 0.3) is 0 Å². The van der Waals surface area contributed by atoms with Gasteiger partial charge in [-0.1, -0.05) is 12.1 Å². The summed E-state index contributed by atoms with van der Waals surface area (Å²) < 4.78 is 15.9. The van der Waals surface area contributed by atoms with Gasteiger partial charge in [-0.3, -0.25) is 4.79 Å². The first-order valence-corrected chi connectivity index (χ1v) is 7.00. The standard InChI is InChI=1S/C14H18N2O4S/c1-9-4-3-5-11(8-9)15-14(21)16-12-13(20-10(2)17)19-7-6-18-12/h3-5,8,12-13H,6-7H2,1-2H3,(H2,15,16,21). The van der Waals surface area contributed by atoms with E-state index in [1.807, 2.05) is 31.2 Å². The number of aryl methyl sites for hydroxylation is 1. The Morgan fingerprint density at radius 2 is 2.14 bits per heavy atom. The van der Waals surface area contributed by atoms with Gasteiger partial charge in [0.1, 0.15) is 0 Å². The van der Waals surface area contributed by atoms with Crippen molar-refractivity contribution in [3.05, 3.63) is 29.8 Å². The van der Waals surface area contributed by atoms with Crippen LogP contribution < -0.4 is 10.6 Å². The summed E-state index contributed by atoms with van der Waals surface area (Å²) >= 11 is 5.23. The zero-order chi connectivity index (χ0) is 15.2. The van der Waals surface area contributed by atoms with Crippen LogP contribution in [0.5, 0.6) is 0 Å². The van der Waals surface area contributed by atoms with Gasteiger partial charge in [0.05, 0.1) is 13.2 Å². The van der Waals surface area contributed by atoms with Crippen LogP contribution in [-0.2, 0) is 19.0 Å². The van der Waals surface area contributed by atoms with Gasteiger partial charge in [0.15, 0.2) is 11.3 Å². The van der Waals surface area contributed by atoms with E-state index in [0.29, 0.717) is 18.3 Å². The first-order chi connectivity index (χ1) is 10.0. The van der Waals surface area contributed by atoms with Crippen molar-refractivity contribution >= 4 is 29.0 Å². The highest BCUT2D eigenvalue weighted by atomic mass is 32.1. The SMILES string of the molecule is CC(=O)OC1OCCOC1NC(=S)Nc1cccc(C)c1. The molecule has 114 valence electrons. The van der Waals surface area contributed by atoms with Crippen LogP contribution >= 0.6 is 12.2 Å². The number of ether oxygens (including phenoxy) is 3. The Morgan fingerprint density at radius 1 is 1.38 bits per heavy atom. The zero-order valence-corrected chi connectivity index (χ0v) is 12.7. The Balaban J connectivity index is 1.92. The van der Waals surface area contributed by atoms with E-state index in [4.69, 9.17) is 26.4 Å². The van der Waals surface area contributed by atoms with Crippen molar-refractivity contribution in [2.45, 2.75) is 26.4 Å². The smallest absolute Gasteiger partial charge is 0.305 e. The molecule has 1 aromatic carbocycles. The Morgan fingerprint density at radius 3 is 2.86 bits per heavy atom. The van der Waals surface area contributed by atoms with Crippen LogP contribution in [0.3, 0.4) is 0 Å². The minimum Gasteiger partial charge on any atom is -0.431 e. The molecule has 2 unspecified atom stereocenters. The van der Waals surface area contributed by atoms with E-state index in [2.05, 4.69) is 10.6 Å². The number of esters is 1. The number of benzene rings is 1. The molecule has 0 aromatic heterocycles. The predicted molar refractivity (Wildman–Crippen MR) is 81.8 cm³/mol. The number of nitrogens with one attached hydrogen (secondary N) is 2. The Hall–Kier alpha value is -1.70. The maximum Gasteiger partial charge on any atom is 0.305 e. The summed E-state index contributed by atoms with van der Waals surface area (Å²) in [4.78, 5) is 11.0. The summed E-state index contributed by atoms with van der Waals surface area (Å²) in [6, 6.07) is 7.80. The van der Waals surface area contributed by atoms with Crippen LogP contribution in [0.15, 0.2) is 24.3 Å². The van der Waals surface area contributed by atoms with Gasteiger partial charge in [0.2, 0.25) is 6.29 Å². The molecule has 2 N–H and O–H groups in total. The third kappa shape index (κ3) is 4.96. The van der Waals surface area contributed by atoms with Crippen molar-refractivity contribution < 1.29 is 19.0 Å². The number of carbonyl (C=O) groups is 1. The topological polar surface area (TPSA) is 68.8 Å². The van der Waals surface area contributed by atoms with E-state index in [9.17, 15) is 4.79 Å². The number of hydrogen-bond donors (Lipinski definition) is 2. The number of anilines is 1. The van der Waals surface area contributed by atoms with Gasteiger partial charge in [-0.15, -0.1) is 0 Å². The molecule has 7 heteroatoms. The lowest BCUT2D eigenvalue weighted by atomic mass is 10.2. The molecule has 6 nitrogen and oxygen atoms in total. The lowest BCUT2D eigenvalue weighted by Crippen LogP contribution is -2.52. The summed E-state index contributed by atoms with van der Waals surface area (Å²) in [6.07, 6.45) is -1.44. The predicted octanol–water partition coefficient (Wildman–Crippen LogP) is 1.54. The molecule has 1 heterocycles. The summed E-state index contributed by atoms with van der Waals surface area (Å²) in [5.74, 6) is -0.435. The molecule has 2 rings (SSSR count).